The number of rotatable bonds is 6. The lowest BCUT2D eigenvalue weighted by atomic mass is 9.82. The van der Waals surface area contributed by atoms with Crippen LogP contribution in [0.15, 0.2) is 12.5 Å². The normalized spacial score (nSPS) is 24.0. The van der Waals surface area contributed by atoms with Crippen molar-refractivity contribution in [3.8, 4) is 0 Å². The van der Waals surface area contributed by atoms with E-state index in [0.29, 0.717) is 5.92 Å². The Kier molecular flexibility index (Phi) is 5.44. The van der Waals surface area contributed by atoms with Crippen LogP contribution in [0.4, 0.5) is 0 Å². The van der Waals surface area contributed by atoms with E-state index in [4.69, 9.17) is 0 Å². The summed E-state index contributed by atoms with van der Waals surface area (Å²) in [4.78, 5) is 4.33. The molecule has 19 heavy (non-hydrogen) atoms. The molecular weight excluding hydrogens is 234 g/mol. The van der Waals surface area contributed by atoms with Crippen LogP contribution in [-0.4, -0.2) is 16.1 Å². The number of nitrogens with zero attached hydrogens (tertiary/aromatic N) is 2. The van der Waals surface area contributed by atoms with E-state index in [9.17, 15) is 0 Å². The summed E-state index contributed by atoms with van der Waals surface area (Å²) in [6.07, 6.45) is 9.62. The highest BCUT2D eigenvalue weighted by molar-refractivity contribution is 4.98. The molecule has 2 unspecified atom stereocenters. The molecule has 1 aromatic rings. The first-order valence-corrected chi connectivity index (χ1v) is 7.85. The third kappa shape index (κ3) is 4.64. The smallest absolute Gasteiger partial charge is 0.0948 e. The Labute approximate surface area is 117 Å². The fraction of sp³-hybridized carbons (Fsp3) is 0.812. The zero-order chi connectivity index (χ0) is 13.7. The molecule has 0 saturated heterocycles. The van der Waals surface area contributed by atoms with Crippen LogP contribution in [0, 0.1) is 17.8 Å². The van der Waals surface area contributed by atoms with Gasteiger partial charge in [0.1, 0.15) is 0 Å². The minimum absolute atomic E-state index is 0.704. The molecule has 2 atom stereocenters. The number of hydrogen-bond acceptors (Lipinski definition) is 2. The van der Waals surface area contributed by atoms with Crippen molar-refractivity contribution in [1.29, 1.82) is 0 Å². The molecule has 0 spiro atoms. The fourth-order valence-electron chi connectivity index (χ4n) is 3.15. The van der Waals surface area contributed by atoms with Gasteiger partial charge >= 0.3 is 0 Å². The third-order valence-corrected chi connectivity index (χ3v) is 4.16. The second-order valence-corrected chi connectivity index (χ2v) is 6.70. The molecule has 1 aromatic heterocycles. The first kappa shape index (κ1) is 14.6. The summed E-state index contributed by atoms with van der Waals surface area (Å²) in [5, 5.41) is 3.51. The van der Waals surface area contributed by atoms with Crippen molar-refractivity contribution in [2.45, 2.75) is 59.5 Å². The maximum absolute atomic E-state index is 4.33. The lowest BCUT2D eigenvalue weighted by molar-refractivity contribution is 0.255. The minimum atomic E-state index is 0.704. The summed E-state index contributed by atoms with van der Waals surface area (Å²) in [6, 6.07) is 0. The highest BCUT2D eigenvalue weighted by Gasteiger charge is 2.19. The Morgan fingerprint density at radius 3 is 3.00 bits per heavy atom. The zero-order valence-corrected chi connectivity index (χ0v) is 12.7. The van der Waals surface area contributed by atoms with Gasteiger partial charge in [0.2, 0.25) is 0 Å². The van der Waals surface area contributed by atoms with Gasteiger partial charge in [0.25, 0.3) is 0 Å². The minimum Gasteiger partial charge on any atom is -0.333 e. The molecule has 1 aliphatic rings. The summed E-state index contributed by atoms with van der Waals surface area (Å²) >= 11 is 0. The molecule has 1 heterocycles. The van der Waals surface area contributed by atoms with E-state index >= 15 is 0 Å². The molecule has 0 amide bonds. The largest absolute Gasteiger partial charge is 0.333 e. The Morgan fingerprint density at radius 1 is 1.42 bits per heavy atom. The number of aromatic nitrogens is 2. The lowest BCUT2D eigenvalue weighted by Crippen LogP contribution is -2.23. The summed E-state index contributed by atoms with van der Waals surface area (Å²) in [6.45, 7) is 10.1. The Morgan fingerprint density at radius 2 is 2.26 bits per heavy atom. The molecule has 3 heteroatoms. The van der Waals surface area contributed by atoms with E-state index in [-0.39, 0.29) is 0 Å². The van der Waals surface area contributed by atoms with E-state index in [1.54, 1.807) is 0 Å². The molecule has 1 aliphatic carbocycles. The standard InChI is InChI=1S/C16H29N3/c1-13(2)8-17-9-16-10-18-12-19(16)11-15-6-4-5-14(3)7-15/h10,12-15,17H,4-9,11H2,1-3H3. The van der Waals surface area contributed by atoms with Crippen LogP contribution in [0.5, 0.6) is 0 Å². The lowest BCUT2D eigenvalue weighted by Gasteiger charge is -2.27. The van der Waals surface area contributed by atoms with Crippen LogP contribution in [0.3, 0.4) is 0 Å². The van der Waals surface area contributed by atoms with Crippen molar-refractivity contribution in [3.05, 3.63) is 18.2 Å². The van der Waals surface area contributed by atoms with Crippen molar-refractivity contribution in [2.24, 2.45) is 17.8 Å². The van der Waals surface area contributed by atoms with Crippen molar-refractivity contribution in [1.82, 2.24) is 14.9 Å². The van der Waals surface area contributed by atoms with Gasteiger partial charge in [-0.25, -0.2) is 4.98 Å². The summed E-state index contributed by atoms with van der Waals surface area (Å²) in [5.41, 5.74) is 1.33. The van der Waals surface area contributed by atoms with E-state index in [1.807, 2.05) is 12.5 Å². The van der Waals surface area contributed by atoms with Crippen molar-refractivity contribution >= 4 is 0 Å². The number of imidazole rings is 1. The van der Waals surface area contributed by atoms with Gasteiger partial charge in [-0.05, 0) is 37.1 Å². The average Bonchev–Trinajstić information content (AvgIpc) is 2.76. The Balaban J connectivity index is 1.84. The number of hydrogen-bond donors (Lipinski definition) is 1. The van der Waals surface area contributed by atoms with Crippen LogP contribution in [0.1, 0.15) is 52.1 Å². The van der Waals surface area contributed by atoms with Crippen molar-refractivity contribution in [2.75, 3.05) is 6.54 Å². The Hall–Kier alpha value is -0.830. The second kappa shape index (κ2) is 7.09. The maximum atomic E-state index is 4.33. The van der Waals surface area contributed by atoms with Gasteiger partial charge in [0.05, 0.1) is 12.0 Å². The predicted molar refractivity (Wildman–Crippen MR) is 79.9 cm³/mol. The van der Waals surface area contributed by atoms with Crippen LogP contribution in [0.25, 0.3) is 0 Å². The molecule has 0 aliphatic heterocycles. The van der Waals surface area contributed by atoms with Gasteiger partial charge in [-0.3, -0.25) is 0 Å². The highest BCUT2D eigenvalue weighted by Crippen LogP contribution is 2.29. The molecule has 1 N–H and O–H groups in total. The molecule has 1 fully saturated rings. The van der Waals surface area contributed by atoms with E-state index in [0.717, 1.165) is 31.5 Å². The molecule has 0 bridgehead atoms. The molecule has 0 aromatic carbocycles. The first-order chi connectivity index (χ1) is 9.15. The van der Waals surface area contributed by atoms with Crippen LogP contribution in [0.2, 0.25) is 0 Å². The molecular formula is C16H29N3. The van der Waals surface area contributed by atoms with Gasteiger partial charge in [-0.2, -0.15) is 0 Å². The zero-order valence-electron chi connectivity index (χ0n) is 12.7. The van der Waals surface area contributed by atoms with Crippen LogP contribution in [-0.2, 0) is 13.1 Å². The quantitative estimate of drug-likeness (QED) is 0.852. The van der Waals surface area contributed by atoms with Crippen molar-refractivity contribution < 1.29 is 0 Å². The fourth-order valence-corrected chi connectivity index (χ4v) is 3.15. The topological polar surface area (TPSA) is 29.9 Å². The van der Waals surface area contributed by atoms with E-state index in [2.05, 4.69) is 35.6 Å². The number of nitrogens with one attached hydrogen (secondary N) is 1. The molecule has 108 valence electrons. The summed E-state index contributed by atoms with van der Waals surface area (Å²) in [7, 11) is 0. The second-order valence-electron chi connectivity index (χ2n) is 6.70. The predicted octanol–water partition coefficient (Wildman–Crippen LogP) is 3.46. The van der Waals surface area contributed by atoms with Gasteiger partial charge in [-0.15, -0.1) is 0 Å². The van der Waals surface area contributed by atoms with Gasteiger partial charge in [0.15, 0.2) is 0 Å². The Bertz CT molecular complexity index is 370. The molecule has 1 saturated carbocycles. The molecule has 3 nitrogen and oxygen atoms in total. The average molecular weight is 263 g/mol. The van der Waals surface area contributed by atoms with E-state index < -0.39 is 0 Å². The van der Waals surface area contributed by atoms with Crippen molar-refractivity contribution in [3.63, 3.8) is 0 Å². The summed E-state index contributed by atoms with van der Waals surface area (Å²) in [5.74, 6) is 2.46. The molecule has 2 rings (SSSR count). The van der Waals surface area contributed by atoms with Gasteiger partial charge in [0, 0.05) is 19.3 Å². The van der Waals surface area contributed by atoms with Crippen LogP contribution < -0.4 is 5.32 Å². The van der Waals surface area contributed by atoms with Gasteiger partial charge in [-0.1, -0.05) is 33.6 Å². The summed E-state index contributed by atoms with van der Waals surface area (Å²) < 4.78 is 2.36. The highest BCUT2D eigenvalue weighted by atomic mass is 15.1. The van der Waals surface area contributed by atoms with Gasteiger partial charge < -0.3 is 9.88 Å². The maximum Gasteiger partial charge on any atom is 0.0948 e. The molecule has 0 radical (unpaired) electrons. The first-order valence-electron chi connectivity index (χ1n) is 7.85. The monoisotopic (exact) mass is 263 g/mol. The third-order valence-electron chi connectivity index (χ3n) is 4.16. The van der Waals surface area contributed by atoms with Crippen LogP contribution >= 0.6 is 0 Å². The van der Waals surface area contributed by atoms with E-state index in [1.165, 1.54) is 31.4 Å². The SMILES string of the molecule is CC(C)CNCc1cncn1CC1CCCC(C)C1.